The van der Waals surface area contributed by atoms with E-state index in [1.165, 1.54) is 36.8 Å². The third-order valence-electron chi connectivity index (χ3n) is 4.63. The molecule has 0 bridgehead atoms. The second-order valence-corrected chi connectivity index (χ2v) is 6.47. The molecule has 0 saturated carbocycles. The van der Waals surface area contributed by atoms with Crippen LogP contribution in [0.2, 0.25) is 0 Å². The third-order valence-corrected chi connectivity index (χ3v) is 5.79. The summed E-state index contributed by atoms with van der Waals surface area (Å²) < 4.78 is 6.38. The molecule has 0 radical (unpaired) electrons. The van der Waals surface area contributed by atoms with Crippen molar-refractivity contribution in [2.75, 3.05) is 0 Å². The molecule has 1 unspecified atom stereocenters. The number of unbranched alkanes of at least 4 members (excludes halogenated alkanes) is 1. The van der Waals surface area contributed by atoms with Gasteiger partial charge in [0.05, 0.1) is 0 Å². The Labute approximate surface area is 151 Å². The van der Waals surface area contributed by atoms with Crippen molar-refractivity contribution in [3.8, 4) is 0 Å². The Bertz CT molecular complexity index is 418. The normalized spacial score (nSPS) is 18.3. The van der Waals surface area contributed by atoms with Crippen molar-refractivity contribution in [1.82, 2.24) is 0 Å². The average molecular weight is 472 g/mol. The smallest absolute Gasteiger partial charge is 0.147 e. The molecule has 0 aromatic rings. The molecule has 2 aliphatic carbocycles. The minimum Gasteiger partial charge on any atom is -0.147 e. The molecule has 0 heterocycles. The van der Waals surface area contributed by atoms with E-state index < -0.39 is 0 Å². The first kappa shape index (κ1) is 19.1. The molecule has 0 aliphatic heterocycles. The Kier molecular flexibility index (Phi) is 8.44. The topological polar surface area (TPSA) is 9.23 Å². The Hall–Kier alpha value is 0.0801. The van der Waals surface area contributed by atoms with E-state index in [1.807, 2.05) is 0 Å². The first-order valence-corrected chi connectivity index (χ1v) is 9.33. The minimum atomic E-state index is -0.122. The van der Waals surface area contributed by atoms with Crippen LogP contribution in [0.4, 0.5) is 0 Å². The number of hydrogen-bond donors (Lipinski definition) is 0. The van der Waals surface area contributed by atoms with E-state index in [-0.39, 0.29) is 18.0 Å². The maximum absolute atomic E-state index is 6.38. The quantitative estimate of drug-likeness (QED) is 0.417. The van der Waals surface area contributed by atoms with Gasteiger partial charge in [0.2, 0.25) is 0 Å². The fourth-order valence-electron chi connectivity index (χ4n) is 3.54. The van der Waals surface area contributed by atoms with Gasteiger partial charge in [-0.1, -0.05) is 0 Å². The molecule has 1 nitrogen and oxygen atoms in total. The molecular formula is C18H26ClHfO. The zero-order valence-corrected chi connectivity index (χ0v) is 17.5. The molecule has 3 heteroatoms. The first-order valence-electron chi connectivity index (χ1n) is 7.86. The first-order chi connectivity index (χ1) is 9.79. The third kappa shape index (κ3) is 3.89. The van der Waals surface area contributed by atoms with Crippen molar-refractivity contribution in [3.05, 3.63) is 47.6 Å². The van der Waals surface area contributed by atoms with E-state index in [0.717, 1.165) is 37.7 Å². The molecule has 0 aromatic heterocycles. The molecule has 0 N–H and O–H groups in total. The van der Waals surface area contributed by atoms with Gasteiger partial charge >= 0.3 is 139 Å². The van der Waals surface area contributed by atoms with Gasteiger partial charge in [-0.15, -0.1) is 12.4 Å². The molecule has 115 valence electrons. The fourth-order valence-corrected chi connectivity index (χ4v) is 5.08. The van der Waals surface area contributed by atoms with Crippen LogP contribution in [0.3, 0.4) is 0 Å². The summed E-state index contributed by atoms with van der Waals surface area (Å²) in [5.41, 5.74) is 2.83. The maximum Gasteiger partial charge on any atom is -0.147 e. The van der Waals surface area contributed by atoms with E-state index in [2.05, 4.69) is 50.3 Å². The van der Waals surface area contributed by atoms with Gasteiger partial charge in [0.15, 0.2) is 0 Å². The van der Waals surface area contributed by atoms with Crippen LogP contribution in [0.1, 0.15) is 52.4 Å². The Balaban J connectivity index is 0.00000220. The average Bonchev–Trinajstić information content (AvgIpc) is 3.16. The summed E-state index contributed by atoms with van der Waals surface area (Å²) in [6, 6.07) is 0. The Morgan fingerprint density at radius 2 is 1.71 bits per heavy atom. The zero-order valence-electron chi connectivity index (χ0n) is 13.1. The van der Waals surface area contributed by atoms with Crippen LogP contribution in [0.15, 0.2) is 47.6 Å². The molecule has 2 aliphatic rings. The Morgan fingerprint density at radius 1 is 1.14 bits per heavy atom. The molecule has 1 atom stereocenters. The van der Waals surface area contributed by atoms with Crippen molar-refractivity contribution in [3.63, 3.8) is 0 Å². The second-order valence-electron chi connectivity index (χ2n) is 5.73. The number of hydrogen-bond acceptors (Lipinski definition) is 1. The van der Waals surface area contributed by atoms with Gasteiger partial charge in [0, 0.05) is 0 Å². The van der Waals surface area contributed by atoms with E-state index in [0.29, 0.717) is 5.92 Å². The monoisotopic (exact) mass is 473 g/mol. The van der Waals surface area contributed by atoms with Gasteiger partial charge in [-0.05, 0) is 0 Å². The van der Waals surface area contributed by atoms with Gasteiger partial charge in [0.1, 0.15) is 0 Å². The summed E-state index contributed by atoms with van der Waals surface area (Å²) in [4.78, 5) is 0. The van der Waals surface area contributed by atoms with Crippen molar-refractivity contribution in [2.45, 2.75) is 58.0 Å². The van der Waals surface area contributed by atoms with Crippen LogP contribution in [0, 0.1) is 5.92 Å². The molecule has 0 fully saturated rings. The number of rotatable bonds is 8. The van der Waals surface area contributed by atoms with Gasteiger partial charge in [-0.25, -0.2) is 0 Å². The fraction of sp³-hybridized carbons (Fsp3) is 0.556. The van der Waals surface area contributed by atoms with Crippen LogP contribution in [0.5, 0.6) is 0 Å². The van der Waals surface area contributed by atoms with Gasteiger partial charge in [-0.2, -0.15) is 0 Å². The SMILES string of the molecule is CCCCC(CC)C([O][Hf])(C1=CC=CC1)C1=CC=CC1.Cl. The standard InChI is InChI=1S/C18H25O.ClH.Hf/c1-3-5-10-15(4-2)18(19,16-11-6-7-12-16)17-13-8-9-14-17;;/h6-9,11,13,15H,3-5,10,12,14H2,1-2H3;1H;/q-1;;+1. The second kappa shape index (κ2) is 9.27. The number of halogens is 1. The zero-order chi connectivity index (χ0) is 14.4. The van der Waals surface area contributed by atoms with Crippen LogP contribution in [-0.2, 0) is 27.7 Å². The molecule has 21 heavy (non-hydrogen) atoms. The molecule has 0 spiro atoms. The van der Waals surface area contributed by atoms with Crippen LogP contribution in [-0.4, -0.2) is 5.60 Å². The van der Waals surface area contributed by atoms with E-state index >= 15 is 0 Å². The Morgan fingerprint density at radius 3 is 2.05 bits per heavy atom. The van der Waals surface area contributed by atoms with Gasteiger partial charge in [-0.3, -0.25) is 0 Å². The van der Waals surface area contributed by atoms with Crippen molar-refractivity contribution >= 4 is 12.4 Å². The van der Waals surface area contributed by atoms with Crippen molar-refractivity contribution in [2.24, 2.45) is 5.92 Å². The van der Waals surface area contributed by atoms with Crippen molar-refractivity contribution in [1.29, 1.82) is 0 Å². The number of allylic oxidation sites excluding steroid dienone is 6. The predicted molar refractivity (Wildman–Crippen MR) is 88.1 cm³/mol. The summed E-state index contributed by atoms with van der Waals surface area (Å²) in [6.07, 6.45) is 20.7. The maximum atomic E-state index is 6.38. The molecule has 0 amide bonds. The van der Waals surface area contributed by atoms with Gasteiger partial charge < -0.3 is 0 Å². The summed E-state index contributed by atoms with van der Waals surface area (Å²) in [5, 5.41) is 0. The summed E-state index contributed by atoms with van der Waals surface area (Å²) in [5.74, 6) is 0.609. The van der Waals surface area contributed by atoms with Gasteiger partial charge in [0.25, 0.3) is 0 Å². The largest absolute Gasteiger partial charge is 0.147 e. The summed E-state index contributed by atoms with van der Waals surface area (Å²) >= 11 is 0.789. The minimum absolute atomic E-state index is 0. The van der Waals surface area contributed by atoms with E-state index in [9.17, 15) is 0 Å². The van der Waals surface area contributed by atoms with Crippen LogP contribution < -0.4 is 0 Å². The molecule has 0 saturated heterocycles. The van der Waals surface area contributed by atoms with Crippen LogP contribution in [0.25, 0.3) is 0 Å². The molecule has 0 aromatic carbocycles. The van der Waals surface area contributed by atoms with Crippen LogP contribution >= 0.6 is 12.4 Å². The van der Waals surface area contributed by atoms with E-state index in [4.69, 9.17) is 2.85 Å². The summed E-state index contributed by atoms with van der Waals surface area (Å²) in [6.45, 7) is 4.60. The predicted octanol–water partition coefficient (Wildman–Crippen LogP) is 5.61. The molecule has 2 rings (SSSR count). The van der Waals surface area contributed by atoms with Crippen molar-refractivity contribution < 1.29 is 27.7 Å². The van der Waals surface area contributed by atoms with E-state index in [1.54, 1.807) is 0 Å². The summed E-state index contributed by atoms with van der Waals surface area (Å²) in [7, 11) is 0. The molecular weight excluding hydrogens is 446 g/mol.